The van der Waals surface area contributed by atoms with Crippen LogP contribution in [0.1, 0.15) is 32.9 Å². The van der Waals surface area contributed by atoms with Crippen LogP contribution in [-0.2, 0) is 33.5 Å². The highest BCUT2D eigenvalue weighted by Crippen LogP contribution is 2.37. The third-order valence-electron chi connectivity index (χ3n) is 5.76. The standard InChI is InChI=1S/C21H27N5O7S2/c1-5-10(2)11(3)19(29)32-9-33-20(30)13-6-7-34-18-15(17(28)26(13)18)24-16(27)14(25-31-4)12-8-35-21(22)23-12/h6,8,10-11,15,18H,5,7,9H2,1-4H3,(H2,22,23)(H,24,27)/b25-14+. The first-order valence-electron chi connectivity index (χ1n) is 10.8. The van der Waals surface area contributed by atoms with Gasteiger partial charge < -0.3 is 25.4 Å². The van der Waals surface area contributed by atoms with E-state index in [9.17, 15) is 19.2 Å². The Morgan fingerprint density at radius 2 is 2.09 bits per heavy atom. The van der Waals surface area contributed by atoms with Gasteiger partial charge in [0.2, 0.25) is 6.79 Å². The third kappa shape index (κ3) is 5.75. The van der Waals surface area contributed by atoms with E-state index in [0.29, 0.717) is 5.75 Å². The first-order chi connectivity index (χ1) is 16.7. The Hall–Kier alpha value is -3.13. The number of ether oxygens (including phenoxy) is 2. The molecule has 2 amide bonds. The summed E-state index contributed by atoms with van der Waals surface area (Å²) in [5, 5.41) is 7.60. The molecule has 2 aliphatic heterocycles. The number of nitrogens with one attached hydrogen (secondary N) is 1. The van der Waals surface area contributed by atoms with Gasteiger partial charge in [0.1, 0.15) is 29.9 Å². The van der Waals surface area contributed by atoms with E-state index in [1.807, 2.05) is 13.8 Å². The quantitative estimate of drug-likeness (QED) is 0.149. The second kappa shape index (κ2) is 11.5. The molecule has 3 rings (SSSR count). The van der Waals surface area contributed by atoms with Gasteiger partial charge in [0.15, 0.2) is 10.8 Å². The summed E-state index contributed by atoms with van der Waals surface area (Å²) in [7, 11) is 1.28. The molecular formula is C21H27N5O7S2. The molecule has 4 unspecified atom stereocenters. The van der Waals surface area contributed by atoms with E-state index in [2.05, 4.69) is 15.5 Å². The second-order valence-electron chi connectivity index (χ2n) is 7.85. The van der Waals surface area contributed by atoms with Crippen LogP contribution in [0.3, 0.4) is 0 Å². The molecule has 2 aliphatic rings. The van der Waals surface area contributed by atoms with Gasteiger partial charge in [-0.05, 0) is 12.0 Å². The number of nitrogen functional groups attached to an aromatic ring is 1. The molecule has 1 saturated heterocycles. The van der Waals surface area contributed by atoms with Gasteiger partial charge in [0.05, 0.1) is 5.92 Å². The van der Waals surface area contributed by atoms with E-state index in [0.717, 1.165) is 17.8 Å². The maximum absolute atomic E-state index is 12.8. The third-order valence-corrected chi connectivity index (χ3v) is 7.62. The van der Waals surface area contributed by atoms with Crippen molar-refractivity contribution in [3.63, 3.8) is 0 Å². The van der Waals surface area contributed by atoms with Gasteiger partial charge in [-0.1, -0.05) is 32.3 Å². The van der Waals surface area contributed by atoms with Crippen LogP contribution in [0.4, 0.5) is 5.13 Å². The maximum Gasteiger partial charge on any atom is 0.357 e. The summed E-state index contributed by atoms with van der Waals surface area (Å²) in [5.74, 6) is -2.20. The van der Waals surface area contributed by atoms with Gasteiger partial charge in [-0.25, -0.2) is 9.78 Å². The van der Waals surface area contributed by atoms with Crippen molar-refractivity contribution in [3.05, 3.63) is 22.8 Å². The van der Waals surface area contributed by atoms with Gasteiger partial charge in [-0.15, -0.1) is 23.1 Å². The zero-order valence-corrected chi connectivity index (χ0v) is 21.3. The number of thioether (sulfide) groups is 1. The SMILES string of the molecule is CCC(C)C(C)C(=O)OCOC(=O)C1=CCSC2C(NC(=O)/C(=N/OC)c3csc(N)n3)C(=O)N12. The Morgan fingerprint density at radius 1 is 1.34 bits per heavy atom. The number of amides is 2. The minimum absolute atomic E-state index is 0.0355. The van der Waals surface area contributed by atoms with Crippen molar-refractivity contribution in [2.75, 3.05) is 25.4 Å². The number of carbonyl (C=O) groups excluding carboxylic acids is 4. The Kier molecular flexibility index (Phi) is 8.72. The number of hydrogen-bond acceptors (Lipinski definition) is 12. The Balaban J connectivity index is 1.58. The summed E-state index contributed by atoms with van der Waals surface area (Å²) in [6, 6.07) is -0.892. The number of fused-ring (bicyclic) bond motifs is 1. The number of nitrogens with zero attached hydrogens (tertiary/aromatic N) is 3. The van der Waals surface area contributed by atoms with E-state index >= 15 is 0 Å². The van der Waals surface area contributed by atoms with E-state index in [1.54, 1.807) is 18.4 Å². The number of thiazole rings is 1. The molecule has 12 nitrogen and oxygen atoms in total. The number of anilines is 1. The van der Waals surface area contributed by atoms with Crippen LogP contribution in [0.5, 0.6) is 0 Å². The number of aromatic nitrogens is 1. The lowest BCUT2D eigenvalue weighted by Gasteiger charge is -2.48. The maximum atomic E-state index is 12.8. The number of oxime groups is 1. The molecule has 1 aromatic rings. The van der Waals surface area contributed by atoms with Gasteiger partial charge in [0, 0.05) is 11.1 Å². The van der Waals surface area contributed by atoms with Gasteiger partial charge in [-0.2, -0.15) is 0 Å². The summed E-state index contributed by atoms with van der Waals surface area (Å²) in [5.41, 5.74) is 5.75. The lowest BCUT2D eigenvalue weighted by atomic mass is 9.94. The lowest BCUT2D eigenvalue weighted by Crippen LogP contribution is -2.70. The Bertz CT molecular complexity index is 1060. The van der Waals surface area contributed by atoms with Crippen molar-refractivity contribution < 1.29 is 33.5 Å². The van der Waals surface area contributed by atoms with Crippen molar-refractivity contribution in [3.8, 4) is 0 Å². The molecule has 35 heavy (non-hydrogen) atoms. The van der Waals surface area contributed by atoms with Gasteiger partial charge in [-0.3, -0.25) is 19.3 Å². The topological polar surface area (TPSA) is 163 Å². The zero-order chi connectivity index (χ0) is 25.7. The Morgan fingerprint density at radius 3 is 2.71 bits per heavy atom. The molecule has 0 aliphatic carbocycles. The van der Waals surface area contributed by atoms with Crippen LogP contribution in [-0.4, -0.2) is 70.4 Å². The summed E-state index contributed by atoms with van der Waals surface area (Å²) in [6.07, 6.45) is 2.37. The van der Waals surface area contributed by atoms with Crippen LogP contribution in [0.25, 0.3) is 0 Å². The number of esters is 2. The molecule has 1 aromatic heterocycles. The fourth-order valence-corrected chi connectivity index (χ4v) is 5.11. The van der Waals surface area contributed by atoms with Crippen molar-refractivity contribution in [2.45, 2.75) is 38.6 Å². The fourth-order valence-electron chi connectivity index (χ4n) is 3.36. The molecule has 190 valence electrons. The van der Waals surface area contributed by atoms with Crippen molar-refractivity contribution >= 4 is 57.7 Å². The lowest BCUT2D eigenvalue weighted by molar-refractivity contribution is -0.171. The van der Waals surface area contributed by atoms with Crippen LogP contribution >= 0.6 is 23.1 Å². The highest BCUT2D eigenvalue weighted by atomic mass is 32.2. The molecule has 4 atom stereocenters. The summed E-state index contributed by atoms with van der Waals surface area (Å²) in [6.45, 7) is 5.11. The van der Waals surface area contributed by atoms with Crippen LogP contribution in [0.2, 0.25) is 0 Å². The molecule has 1 fully saturated rings. The van der Waals surface area contributed by atoms with Crippen molar-refractivity contribution in [2.24, 2.45) is 17.0 Å². The molecule has 0 aromatic carbocycles. The number of hydrogen-bond donors (Lipinski definition) is 2. The average molecular weight is 526 g/mol. The van der Waals surface area contributed by atoms with Crippen molar-refractivity contribution in [1.82, 2.24) is 15.2 Å². The minimum Gasteiger partial charge on any atom is -0.428 e. The predicted molar refractivity (Wildman–Crippen MR) is 129 cm³/mol. The zero-order valence-electron chi connectivity index (χ0n) is 19.7. The Labute approximate surface area is 210 Å². The van der Waals surface area contributed by atoms with E-state index < -0.39 is 42.0 Å². The average Bonchev–Trinajstić information content (AvgIpc) is 3.29. The summed E-state index contributed by atoms with van der Waals surface area (Å²) < 4.78 is 10.1. The highest BCUT2D eigenvalue weighted by Gasteiger charge is 2.53. The molecular weight excluding hydrogens is 498 g/mol. The predicted octanol–water partition coefficient (Wildman–Crippen LogP) is 1.09. The molecule has 3 heterocycles. The van der Waals surface area contributed by atoms with Gasteiger partial charge in [0.25, 0.3) is 11.8 Å². The normalized spacial score (nSPS) is 21.1. The molecule has 0 bridgehead atoms. The van der Waals surface area contributed by atoms with Crippen LogP contribution in [0, 0.1) is 11.8 Å². The molecule has 0 radical (unpaired) electrons. The summed E-state index contributed by atoms with van der Waals surface area (Å²) in [4.78, 5) is 60.2. The molecule has 3 N–H and O–H groups in total. The number of β-lactam (4-membered cyclic amide) rings is 1. The molecule has 0 saturated carbocycles. The minimum atomic E-state index is -0.892. The fraction of sp³-hybridized carbons (Fsp3) is 0.524. The number of carbonyl (C=O) groups is 4. The van der Waals surface area contributed by atoms with E-state index in [4.69, 9.17) is 20.0 Å². The molecule has 0 spiro atoms. The monoisotopic (exact) mass is 525 g/mol. The van der Waals surface area contributed by atoms with E-state index in [-0.39, 0.29) is 34.1 Å². The first kappa shape index (κ1) is 26.5. The smallest absolute Gasteiger partial charge is 0.357 e. The first-order valence-corrected chi connectivity index (χ1v) is 12.7. The number of nitrogens with two attached hydrogens (primary N) is 1. The van der Waals surface area contributed by atoms with Crippen LogP contribution in [0.15, 0.2) is 22.3 Å². The largest absolute Gasteiger partial charge is 0.428 e. The highest BCUT2D eigenvalue weighted by molar-refractivity contribution is 8.00. The van der Waals surface area contributed by atoms with Crippen LogP contribution < -0.4 is 11.1 Å². The second-order valence-corrected chi connectivity index (χ2v) is 9.89. The number of rotatable bonds is 10. The van der Waals surface area contributed by atoms with E-state index in [1.165, 1.54) is 23.8 Å². The summed E-state index contributed by atoms with van der Waals surface area (Å²) >= 11 is 2.50. The molecule has 14 heteroatoms. The van der Waals surface area contributed by atoms with Gasteiger partial charge >= 0.3 is 11.9 Å². The van der Waals surface area contributed by atoms with Crippen molar-refractivity contribution in [1.29, 1.82) is 0 Å².